The Balaban J connectivity index is 1.39. The lowest BCUT2D eigenvalue weighted by atomic mass is 9.88. The van der Waals surface area contributed by atoms with E-state index in [1.54, 1.807) is 11.3 Å². The Bertz CT molecular complexity index is 689. The highest BCUT2D eigenvalue weighted by Gasteiger charge is 2.45. The highest BCUT2D eigenvalue weighted by atomic mass is 32.1. The number of rotatable bonds is 2. The molecule has 2 saturated heterocycles. The van der Waals surface area contributed by atoms with Crippen LogP contribution in [-0.2, 0) is 4.74 Å². The first kappa shape index (κ1) is 14.8. The summed E-state index contributed by atoms with van der Waals surface area (Å²) >= 11 is 1.56. The Morgan fingerprint density at radius 2 is 2.22 bits per heavy atom. The lowest BCUT2D eigenvalue weighted by molar-refractivity contribution is -0.0820. The van der Waals surface area contributed by atoms with Gasteiger partial charge in [-0.25, -0.2) is 0 Å². The summed E-state index contributed by atoms with van der Waals surface area (Å²) in [6.45, 7) is 3.29. The van der Waals surface area contributed by atoms with Gasteiger partial charge in [-0.15, -0.1) is 0 Å². The summed E-state index contributed by atoms with van der Waals surface area (Å²) in [5.41, 5.74) is 0.649. The third-order valence-electron chi connectivity index (χ3n) is 4.80. The molecule has 2 aromatic heterocycles. The van der Waals surface area contributed by atoms with Crippen LogP contribution in [-0.4, -0.2) is 39.6 Å². The van der Waals surface area contributed by atoms with Crippen LogP contribution in [0.4, 0.5) is 0 Å². The van der Waals surface area contributed by atoms with Crippen molar-refractivity contribution < 1.29 is 14.1 Å². The lowest BCUT2D eigenvalue weighted by Crippen LogP contribution is -2.46. The number of carbonyl (C=O) groups is 1. The van der Waals surface area contributed by atoms with Crippen molar-refractivity contribution >= 4 is 17.2 Å². The normalized spacial score (nSPS) is 23.5. The van der Waals surface area contributed by atoms with E-state index in [1.165, 1.54) is 0 Å². The Kier molecular flexibility index (Phi) is 3.69. The molecule has 0 radical (unpaired) electrons. The number of piperidine rings is 1. The molecule has 0 bridgehead atoms. The average Bonchev–Trinajstić information content (AvgIpc) is 3.28. The zero-order valence-corrected chi connectivity index (χ0v) is 13.8. The molecule has 2 aromatic rings. The van der Waals surface area contributed by atoms with Crippen LogP contribution in [0.1, 0.15) is 53.9 Å². The molecule has 0 aliphatic carbocycles. The molecule has 2 aliphatic heterocycles. The van der Waals surface area contributed by atoms with Crippen molar-refractivity contribution in [3.63, 3.8) is 0 Å². The number of aryl methyl sites for hydroxylation is 1. The molecule has 1 atom stereocenters. The van der Waals surface area contributed by atoms with Gasteiger partial charge in [0.25, 0.3) is 11.8 Å². The zero-order valence-electron chi connectivity index (χ0n) is 13.0. The predicted octanol–water partition coefficient (Wildman–Crippen LogP) is 2.97. The minimum absolute atomic E-state index is 0.102. The van der Waals surface area contributed by atoms with Crippen molar-refractivity contribution in [2.24, 2.45) is 0 Å². The van der Waals surface area contributed by atoms with Crippen molar-refractivity contribution in [2.75, 3.05) is 13.1 Å². The van der Waals surface area contributed by atoms with Gasteiger partial charge in [-0.3, -0.25) is 4.79 Å². The third-order valence-corrected chi connectivity index (χ3v) is 5.49. The Morgan fingerprint density at radius 3 is 2.87 bits per heavy atom. The van der Waals surface area contributed by atoms with E-state index in [0.717, 1.165) is 44.3 Å². The van der Waals surface area contributed by atoms with E-state index in [1.807, 2.05) is 28.7 Å². The summed E-state index contributed by atoms with van der Waals surface area (Å²) in [6.07, 6.45) is 3.52. The maximum atomic E-state index is 12.4. The Labute approximate surface area is 138 Å². The highest BCUT2D eigenvalue weighted by Crippen LogP contribution is 2.44. The number of aromatic nitrogens is 2. The van der Waals surface area contributed by atoms with Crippen LogP contribution in [0.15, 0.2) is 21.3 Å². The molecule has 6 nitrogen and oxygen atoms in total. The van der Waals surface area contributed by atoms with E-state index in [-0.39, 0.29) is 17.6 Å². The van der Waals surface area contributed by atoms with Crippen molar-refractivity contribution in [1.82, 2.24) is 15.0 Å². The molecule has 23 heavy (non-hydrogen) atoms. The van der Waals surface area contributed by atoms with Crippen LogP contribution in [0.2, 0.25) is 0 Å². The largest absolute Gasteiger partial charge is 0.362 e. The first-order chi connectivity index (χ1) is 11.2. The summed E-state index contributed by atoms with van der Waals surface area (Å²) in [7, 11) is 0. The van der Waals surface area contributed by atoms with Gasteiger partial charge >= 0.3 is 0 Å². The molecular formula is C16H19N3O3S. The summed E-state index contributed by atoms with van der Waals surface area (Å²) in [5, 5.41) is 7.69. The number of hydrogen-bond acceptors (Lipinski definition) is 6. The number of nitrogens with zero attached hydrogens (tertiary/aromatic N) is 3. The van der Waals surface area contributed by atoms with Gasteiger partial charge in [0.05, 0.1) is 11.2 Å². The Morgan fingerprint density at radius 1 is 1.39 bits per heavy atom. The van der Waals surface area contributed by atoms with E-state index >= 15 is 0 Å². The zero-order chi connectivity index (χ0) is 15.9. The second-order valence-corrected chi connectivity index (χ2v) is 7.09. The fourth-order valence-electron chi connectivity index (χ4n) is 3.49. The molecule has 1 spiro atoms. The maximum Gasteiger partial charge on any atom is 0.255 e. The number of carbonyl (C=O) groups excluding carboxylic acids is 1. The summed E-state index contributed by atoms with van der Waals surface area (Å²) < 4.78 is 11.5. The van der Waals surface area contributed by atoms with Crippen LogP contribution >= 0.6 is 11.3 Å². The molecule has 0 saturated carbocycles. The van der Waals surface area contributed by atoms with Crippen LogP contribution in [0.3, 0.4) is 0 Å². The van der Waals surface area contributed by atoms with Gasteiger partial charge in [-0.05, 0) is 44.1 Å². The number of likely N-dealkylation sites (tertiary alicyclic amines) is 1. The highest BCUT2D eigenvalue weighted by molar-refractivity contribution is 7.08. The molecular weight excluding hydrogens is 314 g/mol. The SMILES string of the molecule is Cc1noc([C@H]2CCC3(CCN(C(=O)c4ccsc4)CC3)O2)n1. The standard InChI is InChI=1S/C16H19N3O3S/c1-11-17-14(22-18-11)13-2-4-16(21-13)5-7-19(8-6-16)15(20)12-3-9-23-10-12/h3,9-10,13H,2,4-8H2,1H3/t13-/m1/s1. The molecule has 1 amide bonds. The summed E-state index contributed by atoms with van der Waals surface area (Å²) in [5.74, 6) is 1.35. The lowest BCUT2D eigenvalue weighted by Gasteiger charge is -2.38. The minimum Gasteiger partial charge on any atom is -0.362 e. The van der Waals surface area contributed by atoms with Crippen LogP contribution in [0, 0.1) is 6.92 Å². The smallest absolute Gasteiger partial charge is 0.255 e. The second kappa shape index (κ2) is 5.72. The Hall–Kier alpha value is -1.73. The van der Waals surface area contributed by atoms with E-state index < -0.39 is 0 Å². The molecule has 4 rings (SSSR count). The summed E-state index contributed by atoms with van der Waals surface area (Å²) in [4.78, 5) is 18.6. The molecule has 122 valence electrons. The fraction of sp³-hybridized carbons (Fsp3) is 0.562. The predicted molar refractivity (Wildman–Crippen MR) is 84.3 cm³/mol. The quantitative estimate of drug-likeness (QED) is 0.845. The summed E-state index contributed by atoms with van der Waals surface area (Å²) in [6, 6.07) is 1.89. The number of amides is 1. The molecule has 4 heterocycles. The molecule has 0 aromatic carbocycles. The minimum atomic E-state index is -0.140. The average molecular weight is 333 g/mol. The molecule has 2 aliphatic rings. The van der Waals surface area contributed by atoms with Gasteiger partial charge in [-0.1, -0.05) is 5.16 Å². The fourth-order valence-corrected chi connectivity index (χ4v) is 4.12. The van der Waals surface area contributed by atoms with Crippen LogP contribution < -0.4 is 0 Å². The van der Waals surface area contributed by atoms with Crippen molar-refractivity contribution in [1.29, 1.82) is 0 Å². The van der Waals surface area contributed by atoms with Gasteiger partial charge in [0.2, 0.25) is 0 Å². The first-order valence-corrected chi connectivity index (χ1v) is 8.89. The van der Waals surface area contributed by atoms with Crippen molar-refractivity contribution in [3.05, 3.63) is 34.1 Å². The van der Waals surface area contributed by atoms with Gasteiger partial charge in [0.1, 0.15) is 6.10 Å². The molecule has 7 heteroatoms. The molecule has 2 fully saturated rings. The first-order valence-electron chi connectivity index (χ1n) is 7.95. The molecule has 0 N–H and O–H groups in total. The van der Waals surface area contributed by atoms with Gasteiger partial charge in [-0.2, -0.15) is 16.3 Å². The monoisotopic (exact) mass is 333 g/mol. The number of hydrogen-bond donors (Lipinski definition) is 0. The van der Waals surface area contributed by atoms with Gasteiger partial charge < -0.3 is 14.2 Å². The number of thiophene rings is 1. The van der Waals surface area contributed by atoms with Crippen LogP contribution in [0.5, 0.6) is 0 Å². The van der Waals surface area contributed by atoms with E-state index in [2.05, 4.69) is 10.1 Å². The van der Waals surface area contributed by atoms with Crippen molar-refractivity contribution in [2.45, 2.75) is 44.3 Å². The third kappa shape index (κ3) is 2.79. The van der Waals surface area contributed by atoms with E-state index in [4.69, 9.17) is 9.26 Å². The second-order valence-electron chi connectivity index (χ2n) is 6.31. The number of ether oxygens (including phenoxy) is 1. The topological polar surface area (TPSA) is 68.5 Å². The van der Waals surface area contributed by atoms with E-state index in [9.17, 15) is 4.79 Å². The van der Waals surface area contributed by atoms with E-state index in [0.29, 0.717) is 11.7 Å². The van der Waals surface area contributed by atoms with Gasteiger partial charge in [0.15, 0.2) is 5.82 Å². The van der Waals surface area contributed by atoms with Gasteiger partial charge in [0, 0.05) is 18.5 Å². The van der Waals surface area contributed by atoms with Crippen LogP contribution in [0.25, 0.3) is 0 Å². The van der Waals surface area contributed by atoms with Crippen molar-refractivity contribution in [3.8, 4) is 0 Å². The maximum absolute atomic E-state index is 12.4. The molecule has 0 unspecified atom stereocenters.